The molecule has 0 bridgehead atoms. The molecule has 0 radical (unpaired) electrons. The quantitative estimate of drug-likeness (QED) is 0.848. The highest BCUT2D eigenvalue weighted by atomic mass is 19.4. The molecule has 0 saturated heterocycles. The van der Waals surface area contributed by atoms with Crippen molar-refractivity contribution in [2.24, 2.45) is 0 Å². The van der Waals surface area contributed by atoms with Crippen LogP contribution in [0.3, 0.4) is 0 Å². The second-order valence-corrected chi connectivity index (χ2v) is 5.62. The third-order valence-electron chi connectivity index (χ3n) is 3.28. The van der Waals surface area contributed by atoms with Gasteiger partial charge in [0.1, 0.15) is 5.75 Å². The molecule has 120 valence electrons. The molecule has 1 aromatic carbocycles. The number of anilines is 1. The largest absolute Gasteiger partial charge is 0.497 e. The molecular weight excluding hydrogens is 283 g/mol. The van der Waals surface area contributed by atoms with Crippen molar-refractivity contribution in [3.8, 4) is 5.75 Å². The molecule has 0 aliphatic heterocycles. The number of benzene rings is 1. The Hall–Kier alpha value is -1.43. The fourth-order valence-electron chi connectivity index (χ4n) is 2.15. The Morgan fingerprint density at radius 1 is 1.19 bits per heavy atom. The number of ether oxygens (including phenoxy) is 2. The number of hydrogen-bond donors (Lipinski definition) is 1. The van der Waals surface area contributed by atoms with Gasteiger partial charge in [-0.3, -0.25) is 0 Å². The maximum atomic E-state index is 13.1. The molecule has 21 heavy (non-hydrogen) atoms. The van der Waals surface area contributed by atoms with E-state index < -0.39 is 17.3 Å². The highest BCUT2D eigenvalue weighted by Crippen LogP contribution is 2.37. The van der Waals surface area contributed by atoms with Gasteiger partial charge >= 0.3 is 6.18 Å². The Bertz CT molecular complexity index is 472. The van der Waals surface area contributed by atoms with Gasteiger partial charge in [-0.2, -0.15) is 13.2 Å². The molecule has 0 amide bonds. The van der Waals surface area contributed by atoms with E-state index >= 15 is 0 Å². The van der Waals surface area contributed by atoms with E-state index in [-0.39, 0.29) is 17.5 Å². The smallest absolute Gasteiger partial charge is 0.418 e. The summed E-state index contributed by atoms with van der Waals surface area (Å²) in [4.78, 5) is 0. The van der Waals surface area contributed by atoms with Crippen molar-refractivity contribution in [1.82, 2.24) is 0 Å². The minimum Gasteiger partial charge on any atom is -0.497 e. The summed E-state index contributed by atoms with van der Waals surface area (Å²) < 4.78 is 49.5. The maximum Gasteiger partial charge on any atom is 0.418 e. The lowest BCUT2D eigenvalue weighted by atomic mass is 9.99. The summed E-state index contributed by atoms with van der Waals surface area (Å²) in [6, 6.07) is 3.72. The molecule has 0 saturated carbocycles. The van der Waals surface area contributed by atoms with Crippen LogP contribution in [0.25, 0.3) is 0 Å². The van der Waals surface area contributed by atoms with E-state index in [0.717, 1.165) is 6.07 Å². The van der Waals surface area contributed by atoms with Crippen LogP contribution in [0.2, 0.25) is 0 Å². The second kappa shape index (κ2) is 6.56. The summed E-state index contributed by atoms with van der Waals surface area (Å²) in [6.07, 6.45) is -3.86. The first-order valence-electron chi connectivity index (χ1n) is 6.66. The monoisotopic (exact) mass is 305 g/mol. The number of halogens is 3. The van der Waals surface area contributed by atoms with Gasteiger partial charge in [-0.15, -0.1) is 0 Å². The Kier molecular flexibility index (Phi) is 5.50. The molecular formula is C15H22F3NO2. The number of alkyl halides is 3. The fraction of sp³-hybridized carbons (Fsp3) is 0.600. The van der Waals surface area contributed by atoms with Crippen molar-refractivity contribution < 1.29 is 22.6 Å². The van der Waals surface area contributed by atoms with Crippen LogP contribution in [0, 0.1) is 0 Å². The van der Waals surface area contributed by atoms with Crippen molar-refractivity contribution >= 4 is 5.69 Å². The summed E-state index contributed by atoms with van der Waals surface area (Å²) in [5.41, 5.74) is -1.09. The summed E-state index contributed by atoms with van der Waals surface area (Å²) in [6.45, 7) is 5.61. The minimum atomic E-state index is -4.44. The Labute approximate surface area is 123 Å². The lowest BCUT2D eigenvalue weighted by molar-refractivity contribution is -0.137. The minimum absolute atomic E-state index is 0.0442. The van der Waals surface area contributed by atoms with Crippen LogP contribution in [0.15, 0.2) is 18.2 Å². The molecule has 0 fully saturated rings. The third-order valence-corrected chi connectivity index (χ3v) is 3.28. The first-order valence-corrected chi connectivity index (χ1v) is 6.66. The van der Waals surface area contributed by atoms with Crippen LogP contribution in [0.1, 0.15) is 32.8 Å². The highest BCUT2D eigenvalue weighted by Gasteiger charge is 2.34. The molecule has 0 aliphatic carbocycles. The molecule has 1 unspecified atom stereocenters. The van der Waals surface area contributed by atoms with Gasteiger partial charge in [-0.1, -0.05) is 0 Å². The summed E-state index contributed by atoms with van der Waals surface area (Å²) >= 11 is 0. The molecule has 1 atom stereocenters. The summed E-state index contributed by atoms with van der Waals surface area (Å²) in [5, 5.41) is 2.90. The molecule has 3 nitrogen and oxygen atoms in total. The van der Waals surface area contributed by atoms with Crippen molar-refractivity contribution in [1.29, 1.82) is 0 Å². The van der Waals surface area contributed by atoms with Crippen molar-refractivity contribution in [2.75, 3.05) is 19.5 Å². The lowest BCUT2D eigenvalue weighted by Crippen LogP contribution is -2.31. The third kappa shape index (κ3) is 5.12. The van der Waals surface area contributed by atoms with Crippen molar-refractivity contribution in [3.05, 3.63) is 23.8 Å². The van der Waals surface area contributed by atoms with E-state index in [2.05, 4.69) is 5.32 Å². The van der Waals surface area contributed by atoms with E-state index in [9.17, 15) is 13.2 Å². The zero-order valence-corrected chi connectivity index (χ0v) is 13.0. The average Bonchev–Trinajstić information content (AvgIpc) is 2.37. The van der Waals surface area contributed by atoms with Crippen LogP contribution < -0.4 is 10.1 Å². The highest BCUT2D eigenvalue weighted by molar-refractivity contribution is 5.56. The Morgan fingerprint density at radius 2 is 1.81 bits per heavy atom. The normalized spacial score (nSPS) is 13.9. The molecule has 6 heteroatoms. The molecule has 0 heterocycles. The van der Waals surface area contributed by atoms with Gasteiger partial charge in [0.25, 0.3) is 0 Å². The predicted molar refractivity (Wildman–Crippen MR) is 76.8 cm³/mol. The summed E-state index contributed by atoms with van der Waals surface area (Å²) in [5.74, 6) is 0.178. The molecule has 1 rings (SSSR count). The molecule has 0 spiro atoms. The second-order valence-electron chi connectivity index (χ2n) is 5.62. The van der Waals surface area contributed by atoms with E-state index in [4.69, 9.17) is 9.47 Å². The van der Waals surface area contributed by atoms with Gasteiger partial charge < -0.3 is 14.8 Å². The van der Waals surface area contributed by atoms with Crippen LogP contribution in [-0.2, 0) is 10.9 Å². The van der Waals surface area contributed by atoms with Gasteiger partial charge in [0.15, 0.2) is 0 Å². The Balaban J connectivity index is 2.97. The van der Waals surface area contributed by atoms with Gasteiger partial charge in [0, 0.05) is 18.8 Å². The van der Waals surface area contributed by atoms with Gasteiger partial charge in [0.05, 0.1) is 18.3 Å². The van der Waals surface area contributed by atoms with E-state index in [1.807, 2.05) is 20.8 Å². The number of rotatable bonds is 6. The topological polar surface area (TPSA) is 30.5 Å². The zero-order valence-electron chi connectivity index (χ0n) is 13.0. The van der Waals surface area contributed by atoms with Gasteiger partial charge in [-0.05, 0) is 45.4 Å². The van der Waals surface area contributed by atoms with Crippen LogP contribution in [-0.4, -0.2) is 25.9 Å². The molecule has 1 aromatic rings. The van der Waals surface area contributed by atoms with E-state index in [1.165, 1.54) is 19.2 Å². The fourth-order valence-corrected chi connectivity index (χ4v) is 2.15. The molecule has 0 aromatic heterocycles. The zero-order chi connectivity index (χ0) is 16.3. The predicted octanol–water partition coefficient (Wildman–Crippen LogP) is 4.33. The summed E-state index contributed by atoms with van der Waals surface area (Å²) in [7, 11) is 2.92. The number of methoxy groups -OCH3 is 2. The van der Waals surface area contributed by atoms with Gasteiger partial charge in [-0.25, -0.2) is 0 Å². The first-order chi connectivity index (χ1) is 9.59. The lowest BCUT2D eigenvalue weighted by Gasteiger charge is -2.28. The van der Waals surface area contributed by atoms with E-state index in [1.54, 1.807) is 7.11 Å². The standard InChI is InChI=1S/C15H22F3NO2/c1-10(9-14(2,3)21-5)19-13-7-6-11(20-4)8-12(13)15(16,17)18/h6-8,10,19H,9H2,1-5H3. The molecule has 1 N–H and O–H groups in total. The van der Waals surface area contributed by atoms with Crippen LogP contribution >= 0.6 is 0 Å². The van der Waals surface area contributed by atoms with Crippen molar-refractivity contribution in [2.45, 2.75) is 45.0 Å². The SMILES string of the molecule is COc1ccc(NC(C)CC(C)(C)OC)c(C(F)(F)F)c1. The first kappa shape index (κ1) is 17.6. The van der Waals surface area contributed by atoms with Gasteiger partial charge in [0.2, 0.25) is 0 Å². The molecule has 0 aliphatic rings. The van der Waals surface area contributed by atoms with E-state index in [0.29, 0.717) is 6.42 Å². The van der Waals surface area contributed by atoms with Crippen molar-refractivity contribution in [3.63, 3.8) is 0 Å². The number of nitrogens with one attached hydrogen (secondary N) is 1. The maximum absolute atomic E-state index is 13.1. The van der Waals surface area contributed by atoms with Crippen LogP contribution in [0.4, 0.5) is 18.9 Å². The average molecular weight is 305 g/mol. The number of hydrogen-bond acceptors (Lipinski definition) is 3. The van der Waals surface area contributed by atoms with Crippen LogP contribution in [0.5, 0.6) is 5.75 Å². The Morgan fingerprint density at radius 3 is 2.29 bits per heavy atom.